The number of amides is 1. The van der Waals surface area contributed by atoms with Crippen molar-refractivity contribution in [2.75, 3.05) is 40.0 Å². The molecule has 2 fully saturated rings. The molecule has 0 radical (unpaired) electrons. The largest absolute Gasteiger partial charge is 0.378 e. The second-order valence-electron chi connectivity index (χ2n) is 4.49. The van der Waals surface area contributed by atoms with Crippen molar-refractivity contribution in [2.45, 2.75) is 24.9 Å². The molecule has 5 heteroatoms. The fourth-order valence-electron chi connectivity index (χ4n) is 2.18. The summed E-state index contributed by atoms with van der Waals surface area (Å²) in [5, 5.41) is 3.55. The summed E-state index contributed by atoms with van der Waals surface area (Å²) in [6.45, 7) is 3.56. The van der Waals surface area contributed by atoms with E-state index in [4.69, 9.17) is 9.47 Å². The first kappa shape index (κ1) is 11.8. The number of likely N-dealkylation sites (tertiary alicyclic amines) is 1. The van der Waals surface area contributed by atoms with Crippen molar-refractivity contribution < 1.29 is 14.3 Å². The second kappa shape index (κ2) is 5.61. The van der Waals surface area contributed by atoms with Gasteiger partial charge in [-0.05, 0) is 12.8 Å². The van der Waals surface area contributed by atoms with Gasteiger partial charge >= 0.3 is 0 Å². The zero-order valence-corrected chi connectivity index (χ0v) is 9.78. The van der Waals surface area contributed by atoms with E-state index in [0.717, 1.165) is 39.1 Å². The molecule has 0 spiro atoms. The van der Waals surface area contributed by atoms with Crippen LogP contribution in [0.1, 0.15) is 12.8 Å². The van der Waals surface area contributed by atoms with Gasteiger partial charge < -0.3 is 19.7 Å². The number of nitrogens with zero attached hydrogens (tertiary/aromatic N) is 1. The third kappa shape index (κ3) is 2.93. The van der Waals surface area contributed by atoms with Gasteiger partial charge in [0.25, 0.3) is 0 Å². The normalized spacial score (nSPS) is 23.2. The molecular weight excluding hydrogens is 208 g/mol. The van der Waals surface area contributed by atoms with Gasteiger partial charge in [-0.15, -0.1) is 0 Å². The maximum absolute atomic E-state index is 11.6. The van der Waals surface area contributed by atoms with Crippen molar-refractivity contribution in [2.24, 2.45) is 0 Å². The predicted molar refractivity (Wildman–Crippen MR) is 59.2 cm³/mol. The molecule has 2 heterocycles. The van der Waals surface area contributed by atoms with Crippen molar-refractivity contribution in [3.8, 4) is 0 Å². The lowest BCUT2D eigenvalue weighted by molar-refractivity contribution is -0.136. The van der Waals surface area contributed by atoms with Gasteiger partial charge in [0.2, 0.25) is 5.91 Å². The summed E-state index contributed by atoms with van der Waals surface area (Å²) < 4.78 is 9.98. The Balaban J connectivity index is 1.67. The number of rotatable bonds is 4. The number of hydrogen-bond acceptors (Lipinski definition) is 4. The van der Waals surface area contributed by atoms with Crippen LogP contribution in [-0.2, 0) is 14.3 Å². The highest BCUT2D eigenvalue weighted by molar-refractivity contribution is 5.77. The van der Waals surface area contributed by atoms with Crippen LogP contribution >= 0.6 is 0 Å². The van der Waals surface area contributed by atoms with Gasteiger partial charge in [-0.1, -0.05) is 0 Å². The second-order valence-corrected chi connectivity index (χ2v) is 4.49. The summed E-state index contributed by atoms with van der Waals surface area (Å²) >= 11 is 0. The maximum atomic E-state index is 11.6. The molecule has 1 amide bonds. The van der Waals surface area contributed by atoms with Crippen LogP contribution in [0, 0.1) is 0 Å². The van der Waals surface area contributed by atoms with Crippen LogP contribution in [0.25, 0.3) is 0 Å². The third-order valence-electron chi connectivity index (χ3n) is 3.22. The average Bonchev–Trinajstić information content (AvgIpc) is 2.25. The quantitative estimate of drug-likeness (QED) is 0.712. The fraction of sp³-hybridized carbons (Fsp3) is 0.909. The molecule has 16 heavy (non-hydrogen) atoms. The Kier molecular flexibility index (Phi) is 4.15. The van der Waals surface area contributed by atoms with E-state index in [2.05, 4.69) is 5.32 Å². The van der Waals surface area contributed by atoms with Gasteiger partial charge in [-0.25, -0.2) is 0 Å². The van der Waals surface area contributed by atoms with E-state index in [-0.39, 0.29) is 12.5 Å². The summed E-state index contributed by atoms with van der Waals surface area (Å²) in [4.78, 5) is 13.4. The first-order chi connectivity index (χ1) is 7.79. The van der Waals surface area contributed by atoms with E-state index < -0.39 is 0 Å². The lowest BCUT2D eigenvalue weighted by Gasteiger charge is -2.36. The molecule has 0 aliphatic carbocycles. The molecule has 92 valence electrons. The molecule has 2 aliphatic rings. The molecule has 5 nitrogen and oxygen atoms in total. The van der Waals surface area contributed by atoms with Crippen molar-refractivity contribution in [3.63, 3.8) is 0 Å². The summed E-state index contributed by atoms with van der Waals surface area (Å²) in [5.41, 5.74) is 0. The van der Waals surface area contributed by atoms with E-state index in [0.29, 0.717) is 12.1 Å². The van der Waals surface area contributed by atoms with Crippen molar-refractivity contribution in [1.82, 2.24) is 10.2 Å². The Hall–Kier alpha value is -0.650. The Morgan fingerprint density at radius 2 is 2.06 bits per heavy atom. The lowest BCUT2D eigenvalue weighted by atomic mass is 10.0. The summed E-state index contributed by atoms with van der Waals surface area (Å²) in [7, 11) is 1.56. The molecule has 1 N–H and O–H groups in total. The first-order valence-electron chi connectivity index (χ1n) is 5.90. The van der Waals surface area contributed by atoms with Gasteiger partial charge in [-0.2, -0.15) is 0 Å². The van der Waals surface area contributed by atoms with Crippen LogP contribution in [0.3, 0.4) is 0 Å². The predicted octanol–water partition coefficient (Wildman–Crippen LogP) is -0.388. The Morgan fingerprint density at radius 3 is 2.56 bits per heavy atom. The van der Waals surface area contributed by atoms with Gasteiger partial charge in [-0.3, -0.25) is 4.79 Å². The molecule has 0 bridgehead atoms. The van der Waals surface area contributed by atoms with Gasteiger partial charge in [0.1, 0.15) is 6.61 Å². The van der Waals surface area contributed by atoms with Gasteiger partial charge in [0.15, 0.2) is 0 Å². The standard InChI is InChI=1S/C11H20N2O3/c1-15-8-11(14)13-4-2-9(3-5-13)12-10-6-16-7-10/h9-10,12H,2-8H2,1H3. The van der Waals surface area contributed by atoms with E-state index in [1.807, 2.05) is 4.90 Å². The van der Waals surface area contributed by atoms with Crippen molar-refractivity contribution in [3.05, 3.63) is 0 Å². The molecule has 0 aromatic rings. The van der Waals surface area contributed by atoms with E-state index >= 15 is 0 Å². The summed E-state index contributed by atoms with van der Waals surface area (Å²) in [6, 6.07) is 1.08. The summed E-state index contributed by atoms with van der Waals surface area (Å²) in [6.07, 6.45) is 2.07. The number of hydrogen-bond donors (Lipinski definition) is 1. The van der Waals surface area contributed by atoms with Gasteiger partial charge in [0.05, 0.1) is 19.3 Å². The number of carbonyl (C=O) groups excluding carboxylic acids is 1. The Bertz CT molecular complexity index is 235. The molecule has 0 atom stereocenters. The van der Waals surface area contributed by atoms with E-state index in [1.165, 1.54) is 0 Å². The molecule has 2 aliphatic heterocycles. The molecule has 0 saturated carbocycles. The van der Waals surface area contributed by atoms with Gasteiger partial charge in [0, 0.05) is 26.2 Å². The number of methoxy groups -OCH3 is 1. The number of piperidine rings is 1. The highest BCUT2D eigenvalue weighted by atomic mass is 16.5. The van der Waals surface area contributed by atoms with Crippen LogP contribution in [0.2, 0.25) is 0 Å². The maximum Gasteiger partial charge on any atom is 0.248 e. The van der Waals surface area contributed by atoms with Crippen molar-refractivity contribution >= 4 is 5.91 Å². The van der Waals surface area contributed by atoms with E-state index in [9.17, 15) is 4.79 Å². The number of ether oxygens (including phenoxy) is 2. The molecular formula is C11H20N2O3. The minimum atomic E-state index is 0.105. The Morgan fingerprint density at radius 1 is 1.38 bits per heavy atom. The molecule has 2 rings (SSSR count). The molecule has 2 saturated heterocycles. The zero-order valence-electron chi connectivity index (χ0n) is 9.78. The monoisotopic (exact) mass is 228 g/mol. The van der Waals surface area contributed by atoms with E-state index in [1.54, 1.807) is 7.11 Å². The SMILES string of the molecule is COCC(=O)N1CCC(NC2COC2)CC1. The number of nitrogens with one attached hydrogen (secondary N) is 1. The molecule has 0 aromatic carbocycles. The fourth-order valence-corrected chi connectivity index (χ4v) is 2.18. The lowest BCUT2D eigenvalue weighted by Crippen LogP contribution is -2.54. The van der Waals surface area contributed by atoms with Crippen LogP contribution < -0.4 is 5.32 Å². The van der Waals surface area contributed by atoms with Crippen LogP contribution in [0.4, 0.5) is 0 Å². The third-order valence-corrected chi connectivity index (χ3v) is 3.22. The minimum Gasteiger partial charge on any atom is -0.378 e. The molecule has 0 unspecified atom stereocenters. The Labute approximate surface area is 96.1 Å². The highest BCUT2D eigenvalue weighted by Crippen LogP contribution is 2.13. The molecule has 0 aromatic heterocycles. The average molecular weight is 228 g/mol. The van der Waals surface area contributed by atoms with Crippen LogP contribution in [-0.4, -0.2) is 62.9 Å². The first-order valence-corrected chi connectivity index (χ1v) is 5.90. The smallest absolute Gasteiger partial charge is 0.248 e. The van der Waals surface area contributed by atoms with Crippen LogP contribution in [0.15, 0.2) is 0 Å². The highest BCUT2D eigenvalue weighted by Gasteiger charge is 2.26. The van der Waals surface area contributed by atoms with Crippen molar-refractivity contribution in [1.29, 1.82) is 0 Å². The minimum absolute atomic E-state index is 0.105. The topological polar surface area (TPSA) is 50.8 Å². The summed E-state index contributed by atoms with van der Waals surface area (Å²) in [5.74, 6) is 0.105. The zero-order chi connectivity index (χ0) is 11.4. The number of carbonyl (C=O) groups is 1. The van der Waals surface area contributed by atoms with Crippen LogP contribution in [0.5, 0.6) is 0 Å².